The number of pyridine rings is 1. The zero-order valence-electron chi connectivity index (χ0n) is 16.8. The summed E-state index contributed by atoms with van der Waals surface area (Å²) < 4.78 is 2.04. The van der Waals surface area contributed by atoms with Crippen LogP contribution in [0.4, 0.5) is 11.4 Å². The smallest absolute Gasteiger partial charge is 0.269 e. The van der Waals surface area contributed by atoms with Crippen LogP contribution in [0.3, 0.4) is 0 Å². The number of nitro benzene ring substituents is 1. The lowest BCUT2D eigenvalue weighted by molar-refractivity contribution is -0.384. The van der Waals surface area contributed by atoms with Gasteiger partial charge in [-0.15, -0.1) is 0 Å². The maximum absolute atomic E-state index is 11.0. The fourth-order valence-corrected chi connectivity index (χ4v) is 4.03. The van der Waals surface area contributed by atoms with Gasteiger partial charge in [-0.3, -0.25) is 15.0 Å². The van der Waals surface area contributed by atoms with Crippen molar-refractivity contribution in [1.82, 2.24) is 19.2 Å². The van der Waals surface area contributed by atoms with Gasteiger partial charge in [0, 0.05) is 42.2 Å². The van der Waals surface area contributed by atoms with Crippen molar-refractivity contribution in [3.8, 4) is 11.3 Å². The van der Waals surface area contributed by atoms with Gasteiger partial charge in [-0.05, 0) is 64.3 Å². The summed E-state index contributed by atoms with van der Waals surface area (Å²) in [6.45, 7) is 2.93. The third-order valence-corrected chi connectivity index (χ3v) is 5.80. The number of piperidine rings is 1. The lowest BCUT2D eigenvalue weighted by Crippen LogP contribution is -2.41. The molecule has 0 bridgehead atoms. The minimum absolute atomic E-state index is 0.0757. The number of hydrogen-bond acceptors (Lipinski definition) is 6. The molecule has 29 heavy (non-hydrogen) atoms. The molecule has 0 atom stereocenters. The average molecular weight is 394 g/mol. The Kier molecular flexibility index (Phi) is 5.21. The molecule has 8 heteroatoms. The van der Waals surface area contributed by atoms with E-state index in [2.05, 4.69) is 23.9 Å². The van der Waals surface area contributed by atoms with E-state index in [0.717, 1.165) is 55.1 Å². The number of non-ortho nitro benzene ring substituents is 1. The maximum atomic E-state index is 11.0. The van der Waals surface area contributed by atoms with Crippen LogP contribution in [0.25, 0.3) is 16.9 Å². The summed E-state index contributed by atoms with van der Waals surface area (Å²) >= 11 is 0. The van der Waals surface area contributed by atoms with Crippen molar-refractivity contribution in [2.24, 2.45) is 0 Å². The molecule has 2 aromatic heterocycles. The normalized spacial score (nSPS) is 16.0. The number of nitrogens with zero attached hydrogens (tertiary/aromatic N) is 5. The Labute approximate surface area is 169 Å². The molecule has 0 amide bonds. The number of rotatable bonds is 5. The minimum atomic E-state index is -0.386. The SMILES string of the molecule is CN1CCC(N(C)Cc2c(-c3ccc([N+](=O)[O-])cc3)nc3ccc(N)cn23)CC1. The molecule has 1 aromatic carbocycles. The highest BCUT2D eigenvalue weighted by Gasteiger charge is 2.23. The van der Waals surface area contributed by atoms with Crippen molar-refractivity contribution in [2.45, 2.75) is 25.4 Å². The van der Waals surface area contributed by atoms with Crippen molar-refractivity contribution in [3.63, 3.8) is 0 Å². The van der Waals surface area contributed by atoms with Crippen LogP contribution in [-0.4, -0.2) is 57.3 Å². The molecule has 8 nitrogen and oxygen atoms in total. The van der Waals surface area contributed by atoms with Crippen molar-refractivity contribution < 1.29 is 4.92 Å². The first-order valence-corrected chi connectivity index (χ1v) is 9.82. The van der Waals surface area contributed by atoms with E-state index in [4.69, 9.17) is 10.7 Å². The van der Waals surface area contributed by atoms with Gasteiger partial charge in [0.05, 0.1) is 16.3 Å². The molecule has 1 aliphatic heterocycles. The largest absolute Gasteiger partial charge is 0.398 e. The molecule has 3 aromatic rings. The predicted octanol–water partition coefficient (Wildman–Crippen LogP) is 3.02. The molecule has 1 aliphatic rings. The predicted molar refractivity (Wildman–Crippen MR) is 114 cm³/mol. The van der Waals surface area contributed by atoms with Crippen molar-refractivity contribution in [1.29, 1.82) is 0 Å². The minimum Gasteiger partial charge on any atom is -0.398 e. The Morgan fingerprint density at radius 1 is 1.21 bits per heavy atom. The number of aromatic nitrogens is 2. The van der Waals surface area contributed by atoms with Gasteiger partial charge < -0.3 is 15.0 Å². The summed E-state index contributed by atoms with van der Waals surface area (Å²) in [5.74, 6) is 0. The summed E-state index contributed by atoms with van der Waals surface area (Å²) in [6, 6.07) is 10.8. The van der Waals surface area contributed by atoms with Crippen LogP contribution >= 0.6 is 0 Å². The number of nitro groups is 1. The van der Waals surface area contributed by atoms with Gasteiger partial charge in [0.25, 0.3) is 5.69 Å². The zero-order chi connectivity index (χ0) is 20.5. The van der Waals surface area contributed by atoms with Crippen molar-refractivity contribution in [3.05, 3.63) is 58.4 Å². The summed E-state index contributed by atoms with van der Waals surface area (Å²) in [6.07, 6.45) is 4.17. The lowest BCUT2D eigenvalue weighted by atomic mass is 10.0. The van der Waals surface area contributed by atoms with Gasteiger partial charge in [0.1, 0.15) is 5.65 Å². The number of nitrogens with two attached hydrogens (primary N) is 1. The van der Waals surface area contributed by atoms with E-state index in [0.29, 0.717) is 11.7 Å². The van der Waals surface area contributed by atoms with Gasteiger partial charge in [0.15, 0.2) is 0 Å². The third-order valence-electron chi connectivity index (χ3n) is 5.80. The monoisotopic (exact) mass is 394 g/mol. The Bertz CT molecular complexity index is 1020. The molecule has 0 radical (unpaired) electrons. The van der Waals surface area contributed by atoms with E-state index in [1.54, 1.807) is 12.1 Å². The standard InChI is InChI=1S/C21H26N6O2/c1-24-11-9-17(10-12-24)25(2)14-19-21(15-3-6-18(7-4-15)27(28)29)23-20-8-5-16(22)13-26(19)20/h3-8,13,17H,9-12,14,22H2,1-2H3. The quantitative estimate of drug-likeness (QED) is 0.528. The summed E-state index contributed by atoms with van der Waals surface area (Å²) in [5, 5.41) is 11.0. The van der Waals surface area contributed by atoms with Gasteiger partial charge in [-0.25, -0.2) is 4.98 Å². The number of anilines is 1. The fraction of sp³-hybridized carbons (Fsp3) is 0.381. The second-order valence-electron chi connectivity index (χ2n) is 7.85. The highest BCUT2D eigenvalue weighted by atomic mass is 16.6. The van der Waals surface area contributed by atoms with Crippen LogP contribution in [-0.2, 0) is 6.54 Å². The van der Waals surface area contributed by atoms with E-state index >= 15 is 0 Å². The Morgan fingerprint density at radius 3 is 2.55 bits per heavy atom. The van der Waals surface area contributed by atoms with Crippen molar-refractivity contribution >= 4 is 17.0 Å². The van der Waals surface area contributed by atoms with Crippen LogP contribution in [0.5, 0.6) is 0 Å². The first kappa shape index (κ1) is 19.4. The molecule has 0 saturated carbocycles. The molecule has 2 N–H and O–H groups in total. The first-order valence-electron chi connectivity index (χ1n) is 9.82. The number of likely N-dealkylation sites (tertiary alicyclic amines) is 1. The van der Waals surface area contributed by atoms with E-state index in [1.165, 1.54) is 12.1 Å². The molecule has 1 saturated heterocycles. The molecule has 0 unspecified atom stereocenters. The van der Waals surface area contributed by atoms with Crippen molar-refractivity contribution in [2.75, 3.05) is 32.9 Å². The van der Waals surface area contributed by atoms with Gasteiger partial charge in [0.2, 0.25) is 0 Å². The number of nitrogen functional groups attached to an aromatic ring is 1. The second-order valence-corrected chi connectivity index (χ2v) is 7.85. The number of imidazole rings is 1. The van der Waals surface area contributed by atoms with Crippen LogP contribution in [0, 0.1) is 10.1 Å². The Hall–Kier alpha value is -2.97. The molecule has 0 spiro atoms. The summed E-state index contributed by atoms with van der Waals surface area (Å²) in [5.41, 5.74) is 10.4. The molecular formula is C21H26N6O2. The molecular weight excluding hydrogens is 368 g/mol. The lowest BCUT2D eigenvalue weighted by Gasteiger charge is -2.35. The second kappa shape index (κ2) is 7.81. The molecule has 4 rings (SSSR count). The van der Waals surface area contributed by atoms with Crippen LogP contribution in [0.15, 0.2) is 42.6 Å². The average Bonchev–Trinajstić information content (AvgIpc) is 3.06. The number of fused-ring (bicyclic) bond motifs is 1. The molecule has 3 heterocycles. The first-order chi connectivity index (χ1) is 13.9. The van der Waals surface area contributed by atoms with E-state index in [1.807, 2.05) is 22.7 Å². The molecule has 152 valence electrons. The van der Waals surface area contributed by atoms with E-state index < -0.39 is 0 Å². The highest BCUT2D eigenvalue weighted by molar-refractivity contribution is 5.68. The van der Waals surface area contributed by atoms with Crippen LogP contribution in [0.2, 0.25) is 0 Å². The fourth-order valence-electron chi connectivity index (χ4n) is 4.03. The number of benzene rings is 1. The maximum Gasteiger partial charge on any atom is 0.269 e. The third kappa shape index (κ3) is 3.94. The number of hydrogen-bond donors (Lipinski definition) is 1. The van der Waals surface area contributed by atoms with E-state index in [9.17, 15) is 10.1 Å². The zero-order valence-corrected chi connectivity index (χ0v) is 16.8. The van der Waals surface area contributed by atoms with Crippen LogP contribution in [0.1, 0.15) is 18.5 Å². The van der Waals surface area contributed by atoms with Gasteiger partial charge in [-0.2, -0.15) is 0 Å². The van der Waals surface area contributed by atoms with Gasteiger partial charge in [-0.1, -0.05) is 0 Å². The van der Waals surface area contributed by atoms with Gasteiger partial charge >= 0.3 is 0 Å². The molecule has 0 aliphatic carbocycles. The summed E-state index contributed by atoms with van der Waals surface area (Å²) in [4.78, 5) is 20.2. The topological polar surface area (TPSA) is 92.9 Å². The highest BCUT2D eigenvalue weighted by Crippen LogP contribution is 2.29. The Balaban J connectivity index is 1.71. The van der Waals surface area contributed by atoms with E-state index in [-0.39, 0.29) is 10.6 Å². The molecule has 1 fully saturated rings. The summed E-state index contributed by atoms with van der Waals surface area (Å²) in [7, 11) is 4.32. The Morgan fingerprint density at radius 2 is 1.90 bits per heavy atom. The van der Waals surface area contributed by atoms with Crippen LogP contribution < -0.4 is 5.73 Å².